The van der Waals surface area contributed by atoms with E-state index in [0.29, 0.717) is 33.6 Å². The van der Waals surface area contributed by atoms with Gasteiger partial charge in [0.25, 0.3) is 0 Å². The quantitative estimate of drug-likeness (QED) is 0.381. The highest BCUT2D eigenvalue weighted by Gasteiger charge is 2.19. The summed E-state index contributed by atoms with van der Waals surface area (Å²) in [5.74, 6) is -0.127. The second-order valence-corrected chi connectivity index (χ2v) is 7.62. The summed E-state index contributed by atoms with van der Waals surface area (Å²) in [5.41, 5.74) is 3.45. The van der Waals surface area contributed by atoms with Crippen LogP contribution in [0.5, 0.6) is 11.6 Å². The van der Waals surface area contributed by atoms with Crippen molar-refractivity contribution in [3.63, 3.8) is 0 Å². The van der Waals surface area contributed by atoms with Gasteiger partial charge in [0.15, 0.2) is 17.1 Å². The van der Waals surface area contributed by atoms with Crippen LogP contribution in [-0.2, 0) is 0 Å². The van der Waals surface area contributed by atoms with E-state index in [1.54, 1.807) is 12.3 Å². The first-order valence-corrected chi connectivity index (χ1v) is 10.9. The summed E-state index contributed by atoms with van der Waals surface area (Å²) in [6, 6.07) is 6.98. The van der Waals surface area contributed by atoms with Gasteiger partial charge in [-0.25, -0.2) is 14.4 Å². The van der Waals surface area contributed by atoms with Crippen LogP contribution >= 0.6 is 30.1 Å². The molecule has 1 N–H and O–H groups in total. The molecular formula is C18H12FIN2O3S. The van der Waals surface area contributed by atoms with Crippen LogP contribution < -0.4 is 4.74 Å². The first-order valence-electron chi connectivity index (χ1n) is 7.57. The zero-order valence-electron chi connectivity index (χ0n) is 13.7. The van der Waals surface area contributed by atoms with Crippen LogP contribution in [0.15, 0.2) is 39.8 Å². The number of hydrogen-bond donors (Lipinski definition) is 1. The summed E-state index contributed by atoms with van der Waals surface area (Å²) in [7, 11) is 2.69. The summed E-state index contributed by atoms with van der Waals surface area (Å²) >= 11 is 1.96. The molecule has 0 unspecified atom stereocenters. The van der Waals surface area contributed by atoms with Crippen LogP contribution in [0.2, 0.25) is 0 Å². The van der Waals surface area contributed by atoms with Crippen molar-refractivity contribution < 1.29 is 18.7 Å². The molecule has 0 aliphatic carbocycles. The maximum absolute atomic E-state index is 14.2. The molecular weight excluding hydrogens is 470 g/mol. The van der Waals surface area contributed by atoms with Gasteiger partial charge in [0.05, 0.1) is 24.3 Å². The van der Waals surface area contributed by atoms with E-state index >= 15 is 0 Å². The van der Waals surface area contributed by atoms with Crippen LogP contribution in [0, 0.1) is 12.7 Å². The first-order chi connectivity index (χ1) is 12.5. The standard InChI is InChI=1S/C18H12FIN2O3S/c1-8-3-10(16-11(4-8)22-14(24-2)7-21-16)13-6-9-5-12(23)15(19)18(26-20)17(9)25-13/h3-7,23H,1-2H3. The van der Waals surface area contributed by atoms with E-state index in [1.807, 2.05) is 40.3 Å². The minimum Gasteiger partial charge on any atom is -0.505 e. The van der Waals surface area contributed by atoms with Crippen molar-refractivity contribution in [1.82, 2.24) is 9.97 Å². The molecule has 2 aromatic carbocycles. The Hall–Kier alpha value is -2.07. The summed E-state index contributed by atoms with van der Waals surface area (Å²) in [5, 5.41) is 10.4. The van der Waals surface area contributed by atoms with E-state index in [-0.39, 0.29) is 4.90 Å². The third-order valence-corrected chi connectivity index (χ3v) is 5.84. The predicted molar refractivity (Wildman–Crippen MR) is 108 cm³/mol. The molecule has 4 aromatic rings. The van der Waals surface area contributed by atoms with Crippen molar-refractivity contribution in [2.24, 2.45) is 0 Å². The monoisotopic (exact) mass is 482 g/mol. The summed E-state index contributed by atoms with van der Waals surface area (Å²) < 4.78 is 25.3. The van der Waals surface area contributed by atoms with Crippen molar-refractivity contribution in [2.45, 2.75) is 11.8 Å². The zero-order chi connectivity index (χ0) is 18.4. The van der Waals surface area contributed by atoms with Gasteiger partial charge in [-0.2, -0.15) is 0 Å². The van der Waals surface area contributed by atoms with Gasteiger partial charge in [-0.1, -0.05) is 0 Å². The lowest BCUT2D eigenvalue weighted by Gasteiger charge is -2.06. The van der Waals surface area contributed by atoms with Crippen LogP contribution in [-0.4, -0.2) is 22.2 Å². The van der Waals surface area contributed by atoms with Crippen molar-refractivity contribution in [1.29, 1.82) is 0 Å². The van der Waals surface area contributed by atoms with E-state index < -0.39 is 11.6 Å². The van der Waals surface area contributed by atoms with Gasteiger partial charge < -0.3 is 14.3 Å². The smallest absolute Gasteiger partial charge is 0.232 e. The number of benzene rings is 2. The molecule has 0 fully saturated rings. The van der Waals surface area contributed by atoms with Crippen molar-refractivity contribution in [3.05, 3.63) is 41.8 Å². The number of rotatable bonds is 3. The lowest BCUT2D eigenvalue weighted by Crippen LogP contribution is -1.93. The van der Waals surface area contributed by atoms with E-state index in [0.717, 1.165) is 20.1 Å². The minimum atomic E-state index is -0.684. The van der Waals surface area contributed by atoms with Gasteiger partial charge in [-0.3, -0.25) is 0 Å². The van der Waals surface area contributed by atoms with Crippen molar-refractivity contribution in [2.75, 3.05) is 7.11 Å². The number of ether oxygens (including phenoxy) is 1. The lowest BCUT2D eigenvalue weighted by molar-refractivity contribution is 0.397. The lowest BCUT2D eigenvalue weighted by atomic mass is 10.1. The molecule has 2 heterocycles. The predicted octanol–water partition coefficient (Wildman–Crippen LogP) is 5.65. The second-order valence-electron chi connectivity index (χ2n) is 5.74. The van der Waals surface area contributed by atoms with Crippen LogP contribution in [0.1, 0.15) is 5.56 Å². The fourth-order valence-electron chi connectivity index (χ4n) is 2.85. The number of aryl methyl sites for hydroxylation is 1. The van der Waals surface area contributed by atoms with Crippen molar-refractivity contribution >= 4 is 52.1 Å². The highest BCUT2D eigenvalue weighted by atomic mass is 127. The number of hydrogen-bond acceptors (Lipinski definition) is 6. The number of phenolic OH excluding ortho intramolecular Hbond substituents is 1. The Bertz CT molecular complexity index is 1160. The Balaban J connectivity index is 2.01. The molecule has 0 saturated carbocycles. The molecule has 8 heteroatoms. The molecule has 0 bridgehead atoms. The van der Waals surface area contributed by atoms with Crippen LogP contribution in [0.4, 0.5) is 4.39 Å². The molecule has 0 aliphatic rings. The maximum Gasteiger partial charge on any atom is 0.232 e. The van der Waals surface area contributed by atoms with Gasteiger partial charge in [0, 0.05) is 32.2 Å². The fourth-order valence-corrected chi connectivity index (χ4v) is 4.43. The second kappa shape index (κ2) is 6.58. The molecule has 5 nitrogen and oxygen atoms in total. The van der Waals surface area contributed by atoms with Gasteiger partial charge in [0.1, 0.15) is 10.7 Å². The van der Waals surface area contributed by atoms with Crippen LogP contribution in [0.25, 0.3) is 33.3 Å². The largest absolute Gasteiger partial charge is 0.505 e. The molecule has 0 radical (unpaired) electrons. The van der Waals surface area contributed by atoms with Gasteiger partial charge in [-0.05, 0) is 45.7 Å². The molecule has 26 heavy (non-hydrogen) atoms. The summed E-state index contributed by atoms with van der Waals surface area (Å²) in [6.07, 6.45) is 1.54. The molecule has 2 aromatic heterocycles. The number of methoxy groups -OCH3 is 1. The van der Waals surface area contributed by atoms with Gasteiger partial charge in [0.2, 0.25) is 5.88 Å². The average Bonchev–Trinajstić information content (AvgIpc) is 3.04. The molecule has 0 saturated heterocycles. The Morgan fingerprint density at radius 1 is 1.27 bits per heavy atom. The summed E-state index contributed by atoms with van der Waals surface area (Å²) in [6.45, 7) is 1.95. The van der Waals surface area contributed by atoms with E-state index in [2.05, 4.69) is 9.97 Å². The number of phenols is 1. The average molecular weight is 482 g/mol. The number of furan rings is 1. The van der Waals surface area contributed by atoms with E-state index in [9.17, 15) is 9.50 Å². The number of aromatic nitrogens is 2. The molecule has 132 valence electrons. The topological polar surface area (TPSA) is 68.4 Å². The SMILES string of the molecule is COc1cnc2c(-c3cc4cc(O)c(F)c(SI)c4o3)cc(C)cc2n1. The van der Waals surface area contributed by atoms with Gasteiger partial charge in [-0.15, -0.1) is 0 Å². The number of nitrogens with zero attached hydrogens (tertiary/aromatic N) is 2. The zero-order valence-corrected chi connectivity index (χ0v) is 16.7. The Morgan fingerprint density at radius 3 is 2.81 bits per heavy atom. The Labute approximate surface area is 164 Å². The summed E-state index contributed by atoms with van der Waals surface area (Å²) in [4.78, 5) is 9.13. The molecule has 0 amide bonds. The third kappa shape index (κ3) is 2.77. The molecule has 0 spiro atoms. The normalized spacial score (nSPS) is 11.4. The third-order valence-electron chi connectivity index (χ3n) is 4.00. The number of aromatic hydroxyl groups is 1. The van der Waals surface area contributed by atoms with E-state index in [1.165, 1.54) is 13.2 Å². The van der Waals surface area contributed by atoms with Gasteiger partial charge >= 0.3 is 0 Å². The highest BCUT2D eigenvalue weighted by Crippen LogP contribution is 2.42. The molecule has 0 aliphatic heterocycles. The number of fused-ring (bicyclic) bond motifs is 2. The minimum absolute atomic E-state index is 0.261. The fraction of sp³-hybridized carbons (Fsp3) is 0.111. The van der Waals surface area contributed by atoms with E-state index in [4.69, 9.17) is 9.15 Å². The van der Waals surface area contributed by atoms with Crippen molar-refractivity contribution in [3.8, 4) is 23.0 Å². The molecule has 4 rings (SSSR count). The Kier molecular flexibility index (Phi) is 4.39. The Morgan fingerprint density at radius 2 is 2.08 bits per heavy atom. The first kappa shape index (κ1) is 17.3. The van der Waals surface area contributed by atoms with Crippen LogP contribution in [0.3, 0.4) is 0 Å². The number of halogens is 2. The maximum atomic E-state index is 14.2. The molecule has 0 atom stereocenters. The highest BCUT2D eigenvalue weighted by molar-refractivity contribution is 14.2.